The molecule has 0 unspecified atom stereocenters. The van der Waals surface area contributed by atoms with Gasteiger partial charge in [-0.15, -0.1) is 0 Å². The summed E-state index contributed by atoms with van der Waals surface area (Å²) in [6.07, 6.45) is 6.87. The van der Waals surface area contributed by atoms with Gasteiger partial charge < -0.3 is 15.2 Å². The van der Waals surface area contributed by atoms with E-state index in [-0.39, 0.29) is 11.3 Å². The number of benzene rings is 2. The number of carbonyl (C=O) groups excluding carboxylic acids is 1. The highest BCUT2D eigenvalue weighted by atomic mass is 16.2. The van der Waals surface area contributed by atoms with E-state index in [9.17, 15) is 4.79 Å². The van der Waals surface area contributed by atoms with Crippen molar-refractivity contribution in [3.8, 4) is 0 Å². The minimum Gasteiger partial charge on any atom is -0.361 e. The quantitative estimate of drug-likeness (QED) is 0.722. The lowest BCUT2D eigenvalue weighted by atomic mass is 9.74. The van der Waals surface area contributed by atoms with E-state index in [0.717, 1.165) is 17.6 Å². The average molecular weight is 357 g/mol. The molecule has 3 heterocycles. The van der Waals surface area contributed by atoms with Crippen LogP contribution in [0.2, 0.25) is 0 Å². The van der Waals surface area contributed by atoms with E-state index in [1.807, 2.05) is 12.3 Å². The molecule has 2 N–H and O–H groups in total. The highest BCUT2D eigenvalue weighted by molar-refractivity contribution is 5.90. The molecule has 0 bridgehead atoms. The van der Waals surface area contributed by atoms with Crippen LogP contribution in [-0.2, 0) is 10.2 Å². The first-order valence-electron chi connectivity index (χ1n) is 9.46. The van der Waals surface area contributed by atoms with Crippen LogP contribution in [0, 0.1) is 0 Å². The Bertz CT molecular complexity index is 1080. The number of aromatic amines is 1. The Labute approximate surface area is 158 Å². The fourth-order valence-electron chi connectivity index (χ4n) is 4.76. The number of amides is 1. The van der Waals surface area contributed by atoms with E-state index in [1.165, 1.54) is 16.6 Å². The number of H-pyrrole nitrogens is 1. The molecule has 2 aromatic carbocycles. The average Bonchev–Trinajstić information content (AvgIpc) is 3.16. The Morgan fingerprint density at radius 2 is 1.85 bits per heavy atom. The number of fused-ring (bicyclic) bond motifs is 4. The highest BCUT2D eigenvalue weighted by Gasteiger charge is 2.57. The smallest absolute Gasteiger partial charge is 0.223 e. The van der Waals surface area contributed by atoms with Gasteiger partial charge in [0.05, 0.1) is 0 Å². The monoisotopic (exact) mass is 357 g/mol. The van der Waals surface area contributed by atoms with Crippen LogP contribution in [0.15, 0.2) is 60.8 Å². The number of anilines is 1. The SMILES string of the molecule is CC1(C)c2ccccc2N2CCC(=O)N[C@@]21/C=C/c1c[nH]c2ccccc12. The van der Waals surface area contributed by atoms with Gasteiger partial charge in [-0.25, -0.2) is 0 Å². The number of hydrogen-bond donors (Lipinski definition) is 2. The maximum absolute atomic E-state index is 12.4. The van der Waals surface area contributed by atoms with Gasteiger partial charge in [0.25, 0.3) is 0 Å². The second-order valence-corrected chi connectivity index (χ2v) is 7.98. The van der Waals surface area contributed by atoms with Crippen LogP contribution >= 0.6 is 0 Å². The van der Waals surface area contributed by atoms with Gasteiger partial charge in [-0.3, -0.25) is 4.79 Å². The van der Waals surface area contributed by atoms with Crippen LogP contribution in [0.3, 0.4) is 0 Å². The third-order valence-electron chi connectivity index (χ3n) is 6.26. The van der Waals surface area contributed by atoms with Gasteiger partial charge in [0, 0.05) is 41.2 Å². The van der Waals surface area contributed by atoms with Crippen LogP contribution in [0.5, 0.6) is 0 Å². The molecule has 5 rings (SSSR count). The van der Waals surface area contributed by atoms with Crippen molar-refractivity contribution in [3.63, 3.8) is 0 Å². The van der Waals surface area contributed by atoms with Crippen molar-refractivity contribution in [2.24, 2.45) is 0 Å². The predicted octanol–water partition coefficient (Wildman–Crippen LogP) is 4.20. The largest absolute Gasteiger partial charge is 0.361 e. The van der Waals surface area contributed by atoms with Crippen molar-refractivity contribution in [1.29, 1.82) is 0 Å². The first kappa shape index (κ1) is 16.2. The molecule has 0 spiro atoms. The molecule has 0 aliphatic carbocycles. The molecule has 0 radical (unpaired) electrons. The zero-order chi connectivity index (χ0) is 18.6. The summed E-state index contributed by atoms with van der Waals surface area (Å²) < 4.78 is 0. The van der Waals surface area contributed by atoms with Gasteiger partial charge in [-0.2, -0.15) is 0 Å². The topological polar surface area (TPSA) is 48.1 Å². The molecule has 1 fully saturated rings. The summed E-state index contributed by atoms with van der Waals surface area (Å²) in [5.74, 6) is 0.107. The lowest BCUT2D eigenvalue weighted by molar-refractivity contribution is -0.124. The maximum atomic E-state index is 12.4. The van der Waals surface area contributed by atoms with Crippen molar-refractivity contribution >= 4 is 28.6 Å². The third-order valence-corrected chi connectivity index (χ3v) is 6.26. The number of para-hydroxylation sites is 2. The molecule has 1 saturated heterocycles. The van der Waals surface area contributed by atoms with Crippen molar-refractivity contribution in [1.82, 2.24) is 10.3 Å². The molecule has 1 aromatic heterocycles. The number of carbonyl (C=O) groups is 1. The third kappa shape index (κ3) is 2.13. The van der Waals surface area contributed by atoms with Crippen LogP contribution < -0.4 is 10.2 Å². The molecule has 2 aliphatic rings. The summed E-state index contributed by atoms with van der Waals surface area (Å²) in [4.78, 5) is 18.1. The summed E-state index contributed by atoms with van der Waals surface area (Å²) in [5.41, 5.74) is 3.92. The molecule has 1 atom stereocenters. The Hall–Kier alpha value is -3.01. The van der Waals surface area contributed by atoms with Gasteiger partial charge in [-0.05, 0) is 29.3 Å². The zero-order valence-electron chi connectivity index (χ0n) is 15.6. The molecule has 2 aliphatic heterocycles. The van der Waals surface area contributed by atoms with Crippen molar-refractivity contribution in [2.75, 3.05) is 11.4 Å². The Morgan fingerprint density at radius 1 is 1.07 bits per heavy atom. The van der Waals surface area contributed by atoms with Crippen LogP contribution in [0.4, 0.5) is 5.69 Å². The van der Waals surface area contributed by atoms with Gasteiger partial charge in [0.15, 0.2) is 0 Å². The molecular formula is C23H23N3O. The van der Waals surface area contributed by atoms with Crippen molar-refractivity contribution in [3.05, 3.63) is 71.9 Å². The Morgan fingerprint density at radius 3 is 2.74 bits per heavy atom. The molecule has 3 aromatic rings. The molecule has 136 valence electrons. The standard InChI is InChI=1S/C23H23N3O/c1-22(2)18-8-4-6-10-20(18)26-14-12-21(27)25-23(22,26)13-11-16-15-24-19-9-5-3-7-17(16)19/h3-11,13,15,24H,12,14H2,1-2H3,(H,25,27)/b13-11+/t23-/m0/s1. The normalized spacial score (nSPS) is 23.5. The van der Waals surface area contributed by atoms with Gasteiger partial charge in [0.1, 0.15) is 5.66 Å². The van der Waals surface area contributed by atoms with Gasteiger partial charge in [-0.1, -0.05) is 56.3 Å². The first-order valence-corrected chi connectivity index (χ1v) is 9.46. The fourth-order valence-corrected chi connectivity index (χ4v) is 4.76. The molecule has 27 heavy (non-hydrogen) atoms. The van der Waals surface area contributed by atoms with E-state index in [4.69, 9.17) is 0 Å². The van der Waals surface area contributed by atoms with Crippen LogP contribution in [-0.4, -0.2) is 23.1 Å². The van der Waals surface area contributed by atoms with E-state index in [2.05, 4.69) is 83.7 Å². The molecule has 4 heteroatoms. The van der Waals surface area contributed by atoms with E-state index in [1.54, 1.807) is 0 Å². The minimum atomic E-state index is -0.565. The van der Waals surface area contributed by atoms with Gasteiger partial charge >= 0.3 is 0 Å². The minimum absolute atomic E-state index is 0.107. The number of nitrogens with zero attached hydrogens (tertiary/aromatic N) is 1. The molecule has 4 nitrogen and oxygen atoms in total. The van der Waals surface area contributed by atoms with Crippen molar-refractivity contribution in [2.45, 2.75) is 31.3 Å². The Kier molecular flexibility index (Phi) is 3.29. The Balaban J connectivity index is 1.66. The van der Waals surface area contributed by atoms with E-state index >= 15 is 0 Å². The van der Waals surface area contributed by atoms with E-state index < -0.39 is 5.66 Å². The van der Waals surface area contributed by atoms with Crippen molar-refractivity contribution < 1.29 is 4.79 Å². The lowest BCUT2D eigenvalue weighted by Gasteiger charge is -2.49. The second-order valence-electron chi connectivity index (χ2n) is 7.98. The summed E-state index contributed by atoms with van der Waals surface area (Å²) >= 11 is 0. The lowest BCUT2D eigenvalue weighted by Crippen LogP contribution is -2.68. The van der Waals surface area contributed by atoms with Crippen LogP contribution in [0.25, 0.3) is 17.0 Å². The molecule has 1 amide bonds. The molecule has 0 saturated carbocycles. The van der Waals surface area contributed by atoms with Crippen LogP contribution in [0.1, 0.15) is 31.4 Å². The zero-order valence-corrected chi connectivity index (χ0v) is 15.6. The predicted molar refractivity (Wildman–Crippen MR) is 110 cm³/mol. The summed E-state index contributed by atoms with van der Waals surface area (Å²) in [5, 5.41) is 4.52. The number of nitrogens with one attached hydrogen (secondary N) is 2. The first-order chi connectivity index (χ1) is 13.0. The van der Waals surface area contributed by atoms with Gasteiger partial charge in [0.2, 0.25) is 5.91 Å². The van der Waals surface area contributed by atoms with E-state index in [0.29, 0.717) is 6.42 Å². The summed E-state index contributed by atoms with van der Waals surface area (Å²) in [6.45, 7) is 5.17. The fraction of sp³-hybridized carbons (Fsp3) is 0.261. The second kappa shape index (κ2) is 5.49. The maximum Gasteiger partial charge on any atom is 0.223 e. The number of aromatic nitrogens is 1. The summed E-state index contributed by atoms with van der Waals surface area (Å²) in [7, 11) is 0. The molecular weight excluding hydrogens is 334 g/mol. The number of rotatable bonds is 2. The summed E-state index contributed by atoms with van der Waals surface area (Å²) in [6, 6.07) is 16.8. The highest BCUT2D eigenvalue weighted by Crippen LogP contribution is 2.52. The number of hydrogen-bond acceptors (Lipinski definition) is 2.